The van der Waals surface area contributed by atoms with Gasteiger partial charge in [-0.1, -0.05) is 19.1 Å². The van der Waals surface area contributed by atoms with E-state index in [9.17, 15) is 4.79 Å². The first-order valence-corrected chi connectivity index (χ1v) is 11.2. The Labute approximate surface area is 199 Å². The molecule has 6 rings (SSSR count). The summed E-state index contributed by atoms with van der Waals surface area (Å²) < 4.78 is 0. The van der Waals surface area contributed by atoms with E-state index in [1.807, 2.05) is 37.3 Å². The highest BCUT2D eigenvalue weighted by Crippen LogP contribution is 2.31. The fourth-order valence-corrected chi connectivity index (χ4v) is 4.05. The lowest BCUT2D eigenvalue weighted by molar-refractivity contribution is -0.118. The van der Waals surface area contributed by atoms with E-state index in [1.165, 1.54) is 0 Å². The molecule has 0 spiro atoms. The van der Waals surface area contributed by atoms with Crippen LogP contribution in [0, 0.1) is 0 Å². The number of hydrogen-bond acceptors (Lipinski definition) is 7. The molecule has 0 atom stereocenters. The summed E-state index contributed by atoms with van der Waals surface area (Å²) in [6.45, 7) is 1.86. The van der Waals surface area contributed by atoms with Crippen LogP contribution in [0.3, 0.4) is 0 Å². The number of nitrogens with zero attached hydrogens (tertiary/aromatic N) is 6. The van der Waals surface area contributed by atoms with Gasteiger partial charge in [-0.25, -0.2) is 9.97 Å². The monoisotopic (exact) mass is 460 g/mol. The summed E-state index contributed by atoms with van der Waals surface area (Å²) in [6.07, 6.45) is 11.5. The fraction of sp³-hybridized carbons (Fsp3) is 0.115. The van der Waals surface area contributed by atoms with Gasteiger partial charge in [0.2, 0.25) is 0 Å². The predicted molar refractivity (Wildman–Crippen MR) is 132 cm³/mol. The molecule has 6 aromatic rings. The van der Waals surface area contributed by atoms with Crippen LogP contribution in [0.15, 0.2) is 67.5 Å². The topological polar surface area (TPSA) is 126 Å². The number of hydrogen-bond donors (Lipinski definition) is 2. The molecule has 0 fully saturated rings. The van der Waals surface area contributed by atoms with Crippen LogP contribution in [-0.2, 0) is 11.2 Å². The van der Waals surface area contributed by atoms with Crippen molar-refractivity contribution < 1.29 is 4.79 Å². The Morgan fingerprint density at radius 1 is 0.943 bits per heavy atom. The molecule has 6 heterocycles. The van der Waals surface area contributed by atoms with Crippen LogP contribution < -0.4 is 0 Å². The minimum atomic E-state index is 0.170. The third-order valence-electron chi connectivity index (χ3n) is 5.94. The number of carbonyl (C=O) groups excluding carboxylic acids is 1. The third kappa shape index (κ3) is 3.82. The molecule has 0 saturated heterocycles. The Morgan fingerprint density at radius 2 is 1.86 bits per heavy atom. The zero-order valence-electron chi connectivity index (χ0n) is 18.9. The van der Waals surface area contributed by atoms with Gasteiger partial charge in [-0.2, -0.15) is 5.10 Å². The number of carbonyl (C=O) groups is 1. The number of pyridine rings is 4. The molecular weight excluding hydrogens is 440 g/mol. The molecule has 0 aliphatic carbocycles. The lowest BCUT2D eigenvalue weighted by Gasteiger charge is -2.03. The van der Waals surface area contributed by atoms with Gasteiger partial charge in [-0.3, -0.25) is 24.8 Å². The largest absolute Gasteiger partial charge is 0.335 e. The molecule has 0 saturated carbocycles. The van der Waals surface area contributed by atoms with Crippen LogP contribution in [-0.4, -0.2) is 45.9 Å². The third-order valence-corrected chi connectivity index (χ3v) is 5.94. The standard InChI is InChI=1S/C26H20N8O/c1-2-19(35)9-18-6-5-15(11-29-18)17-8-20-24(33-34-25(20)30-12-17)26-31-22-14-28-13-21(23(22)32-26)16-4-3-7-27-10-16/h3-8,10-14H,2,9H2,1H3,(H,31,32)(H,30,33,34). The summed E-state index contributed by atoms with van der Waals surface area (Å²) in [6, 6.07) is 9.73. The van der Waals surface area contributed by atoms with Crippen LogP contribution in [0.2, 0.25) is 0 Å². The van der Waals surface area contributed by atoms with E-state index in [1.54, 1.807) is 37.2 Å². The van der Waals surface area contributed by atoms with Gasteiger partial charge in [0, 0.05) is 71.8 Å². The van der Waals surface area contributed by atoms with E-state index in [-0.39, 0.29) is 5.78 Å². The summed E-state index contributed by atoms with van der Waals surface area (Å²) in [5, 5.41) is 8.27. The Kier molecular flexibility index (Phi) is 5.07. The van der Waals surface area contributed by atoms with E-state index in [4.69, 9.17) is 4.98 Å². The first-order valence-electron chi connectivity index (χ1n) is 11.2. The van der Waals surface area contributed by atoms with Crippen molar-refractivity contribution in [2.45, 2.75) is 19.8 Å². The summed E-state index contributed by atoms with van der Waals surface area (Å²) in [4.78, 5) is 37.5. The highest BCUT2D eigenvalue weighted by molar-refractivity contribution is 5.96. The van der Waals surface area contributed by atoms with Gasteiger partial charge in [0.15, 0.2) is 11.5 Å². The van der Waals surface area contributed by atoms with Crippen LogP contribution in [0.1, 0.15) is 19.0 Å². The fourth-order valence-electron chi connectivity index (χ4n) is 4.05. The number of H-pyrrole nitrogens is 2. The van der Waals surface area contributed by atoms with Crippen LogP contribution >= 0.6 is 0 Å². The Hall–Kier alpha value is -4.79. The van der Waals surface area contributed by atoms with Crippen molar-refractivity contribution >= 4 is 27.9 Å². The van der Waals surface area contributed by atoms with Crippen molar-refractivity contribution in [1.29, 1.82) is 0 Å². The zero-order valence-corrected chi connectivity index (χ0v) is 18.9. The minimum Gasteiger partial charge on any atom is -0.335 e. The van der Waals surface area contributed by atoms with E-state index < -0.39 is 0 Å². The average molecular weight is 461 g/mol. The van der Waals surface area contributed by atoms with Crippen molar-refractivity contribution in [3.63, 3.8) is 0 Å². The summed E-state index contributed by atoms with van der Waals surface area (Å²) in [5.41, 5.74) is 7.35. The molecule has 9 nitrogen and oxygen atoms in total. The molecule has 0 aromatic carbocycles. The summed E-state index contributed by atoms with van der Waals surface area (Å²) in [7, 11) is 0. The summed E-state index contributed by atoms with van der Waals surface area (Å²) >= 11 is 0. The molecule has 0 bridgehead atoms. The number of aromatic amines is 2. The van der Waals surface area contributed by atoms with Gasteiger partial charge in [0.25, 0.3) is 0 Å². The second-order valence-electron chi connectivity index (χ2n) is 8.21. The first kappa shape index (κ1) is 20.8. The van der Waals surface area contributed by atoms with Crippen molar-refractivity contribution in [1.82, 2.24) is 40.1 Å². The molecule has 0 aliphatic rings. The van der Waals surface area contributed by atoms with E-state index in [2.05, 4.69) is 35.1 Å². The number of aromatic nitrogens is 8. The lowest BCUT2D eigenvalue weighted by Crippen LogP contribution is -2.02. The maximum absolute atomic E-state index is 11.7. The van der Waals surface area contributed by atoms with Gasteiger partial charge in [-0.15, -0.1) is 0 Å². The van der Waals surface area contributed by atoms with Crippen LogP contribution in [0.25, 0.3) is 55.8 Å². The highest BCUT2D eigenvalue weighted by atomic mass is 16.1. The van der Waals surface area contributed by atoms with Crippen molar-refractivity contribution in [2.75, 3.05) is 0 Å². The van der Waals surface area contributed by atoms with Gasteiger partial charge in [-0.05, 0) is 18.2 Å². The SMILES string of the molecule is CCC(=O)Cc1ccc(-c2cnc3n[nH]c(-c4nc5c(-c6cccnc6)cncc5[nH]4)c3c2)cn1. The normalized spacial score (nSPS) is 11.3. The number of imidazole rings is 1. The second kappa shape index (κ2) is 8.53. The number of ketones is 1. The maximum Gasteiger partial charge on any atom is 0.181 e. The molecular formula is C26H20N8O. The average Bonchev–Trinajstić information content (AvgIpc) is 3.53. The van der Waals surface area contributed by atoms with Crippen molar-refractivity contribution in [3.05, 3.63) is 73.2 Å². The summed E-state index contributed by atoms with van der Waals surface area (Å²) in [5.74, 6) is 0.815. The molecule has 0 amide bonds. The van der Waals surface area contributed by atoms with Crippen LogP contribution in [0.5, 0.6) is 0 Å². The quantitative estimate of drug-likeness (QED) is 0.374. The Morgan fingerprint density at radius 3 is 2.66 bits per heavy atom. The second-order valence-corrected chi connectivity index (χ2v) is 8.21. The van der Waals surface area contributed by atoms with Crippen LogP contribution in [0.4, 0.5) is 0 Å². The van der Waals surface area contributed by atoms with E-state index >= 15 is 0 Å². The van der Waals surface area contributed by atoms with E-state index in [0.717, 1.165) is 50.1 Å². The number of Topliss-reactive ketones (excluding diaryl/α,β-unsaturated/α-hetero) is 1. The number of nitrogens with one attached hydrogen (secondary N) is 2. The van der Waals surface area contributed by atoms with Gasteiger partial charge < -0.3 is 4.98 Å². The van der Waals surface area contributed by atoms with E-state index in [0.29, 0.717) is 24.3 Å². The lowest BCUT2D eigenvalue weighted by atomic mass is 10.1. The number of fused-ring (bicyclic) bond motifs is 2. The van der Waals surface area contributed by atoms with Crippen molar-refractivity contribution in [2.24, 2.45) is 0 Å². The molecule has 0 radical (unpaired) electrons. The van der Waals surface area contributed by atoms with Crippen molar-refractivity contribution in [3.8, 4) is 33.8 Å². The molecule has 0 aliphatic heterocycles. The minimum absolute atomic E-state index is 0.170. The smallest absolute Gasteiger partial charge is 0.181 e. The molecule has 170 valence electrons. The Bertz CT molecular complexity index is 1670. The maximum atomic E-state index is 11.7. The molecule has 9 heteroatoms. The molecule has 2 N–H and O–H groups in total. The Balaban J connectivity index is 1.40. The first-order chi connectivity index (χ1) is 17.2. The molecule has 35 heavy (non-hydrogen) atoms. The highest BCUT2D eigenvalue weighted by Gasteiger charge is 2.16. The molecule has 6 aromatic heterocycles. The van der Waals surface area contributed by atoms with Gasteiger partial charge in [0.05, 0.1) is 17.1 Å². The predicted octanol–water partition coefficient (Wildman–Crippen LogP) is 4.54. The van der Waals surface area contributed by atoms with Gasteiger partial charge >= 0.3 is 0 Å². The molecule has 0 unspecified atom stereocenters. The van der Waals surface area contributed by atoms with Gasteiger partial charge in [0.1, 0.15) is 17.0 Å². The zero-order chi connectivity index (χ0) is 23.8. The number of rotatable bonds is 6.